The van der Waals surface area contributed by atoms with E-state index >= 15 is 0 Å². The number of aromatic nitrogens is 4. The molecule has 0 atom stereocenters. The van der Waals surface area contributed by atoms with Crippen LogP contribution in [0.5, 0.6) is 0 Å². The summed E-state index contributed by atoms with van der Waals surface area (Å²) in [6.07, 6.45) is 7.77. The molecule has 5 nitrogen and oxygen atoms in total. The quantitative estimate of drug-likeness (QED) is 0.827. The van der Waals surface area contributed by atoms with Crippen molar-refractivity contribution in [2.45, 2.75) is 38.6 Å². The normalized spacial score (nSPS) is 17.9. The molecule has 2 heterocycles. The molecule has 1 aliphatic rings. The fourth-order valence-electron chi connectivity index (χ4n) is 2.69. The Morgan fingerprint density at radius 3 is 2.67 bits per heavy atom. The van der Waals surface area contributed by atoms with Crippen LogP contribution in [-0.2, 0) is 10.3 Å². The maximum absolute atomic E-state index is 12.5. The second-order valence-electron chi connectivity index (χ2n) is 5.23. The van der Waals surface area contributed by atoms with E-state index in [-0.39, 0.29) is 11.7 Å². The van der Waals surface area contributed by atoms with E-state index < -0.39 is 5.54 Å². The average Bonchev–Trinajstić information content (AvgIpc) is 2.72. The Balaban J connectivity index is 2.15. The van der Waals surface area contributed by atoms with Crippen LogP contribution in [0, 0.1) is 5.92 Å². The molecule has 0 aromatic carbocycles. The van der Waals surface area contributed by atoms with Crippen LogP contribution in [0.3, 0.4) is 0 Å². The molecule has 0 saturated heterocycles. The number of rotatable bonds is 3. The molecule has 2 aromatic heterocycles. The Kier molecular flexibility index (Phi) is 2.43. The Morgan fingerprint density at radius 1 is 1.33 bits per heavy atom. The van der Waals surface area contributed by atoms with Crippen LogP contribution in [0.4, 0.5) is 0 Å². The molecule has 0 radical (unpaired) electrons. The van der Waals surface area contributed by atoms with E-state index in [1.54, 1.807) is 23.3 Å². The molecule has 0 amide bonds. The van der Waals surface area contributed by atoms with E-state index in [1.165, 1.54) is 0 Å². The van der Waals surface area contributed by atoms with Gasteiger partial charge in [0.05, 0.1) is 6.20 Å². The molecule has 0 N–H and O–H groups in total. The van der Waals surface area contributed by atoms with Gasteiger partial charge in [-0.15, -0.1) is 0 Å². The zero-order valence-corrected chi connectivity index (χ0v) is 10.6. The van der Waals surface area contributed by atoms with Crippen LogP contribution in [-0.4, -0.2) is 25.5 Å². The minimum atomic E-state index is -0.480. The fraction of sp³-hybridized carbons (Fsp3) is 0.538. The van der Waals surface area contributed by atoms with Crippen LogP contribution in [0.25, 0.3) is 11.2 Å². The standard InChI is InChI=1S/C13H16N4O/c1-9(2)11(18)13(4-3-5-13)17-12-10(8-16-17)14-6-7-15-12/h6-9H,3-5H2,1-2H3. The second-order valence-corrected chi connectivity index (χ2v) is 5.23. The summed E-state index contributed by atoms with van der Waals surface area (Å²) in [4.78, 5) is 21.0. The zero-order valence-electron chi connectivity index (χ0n) is 10.6. The van der Waals surface area contributed by atoms with Gasteiger partial charge in [-0.25, -0.2) is 14.6 Å². The van der Waals surface area contributed by atoms with Crippen molar-refractivity contribution >= 4 is 16.9 Å². The first kappa shape index (κ1) is 11.3. The fourth-order valence-corrected chi connectivity index (χ4v) is 2.69. The van der Waals surface area contributed by atoms with Crippen molar-refractivity contribution in [2.75, 3.05) is 0 Å². The highest BCUT2D eigenvalue weighted by molar-refractivity contribution is 5.90. The van der Waals surface area contributed by atoms with Crippen LogP contribution in [0.2, 0.25) is 0 Å². The third-order valence-corrected chi connectivity index (χ3v) is 3.77. The average molecular weight is 244 g/mol. The molecule has 0 aliphatic heterocycles. The van der Waals surface area contributed by atoms with Crippen molar-refractivity contribution in [3.8, 4) is 0 Å². The third-order valence-electron chi connectivity index (χ3n) is 3.77. The Morgan fingerprint density at radius 2 is 2.06 bits per heavy atom. The molecule has 3 rings (SSSR count). The summed E-state index contributed by atoms with van der Waals surface area (Å²) < 4.78 is 1.79. The predicted molar refractivity (Wildman–Crippen MR) is 67.0 cm³/mol. The van der Waals surface area contributed by atoms with Gasteiger partial charge in [0.2, 0.25) is 0 Å². The molecule has 0 unspecified atom stereocenters. The Bertz CT molecular complexity index is 598. The van der Waals surface area contributed by atoms with Crippen molar-refractivity contribution in [3.05, 3.63) is 18.6 Å². The summed E-state index contributed by atoms with van der Waals surface area (Å²) in [6.45, 7) is 3.89. The monoisotopic (exact) mass is 244 g/mol. The van der Waals surface area contributed by atoms with Gasteiger partial charge in [-0.3, -0.25) is 4.79 Å². The number of hydrogen-bond acceptors (Lipinski definition) is 4. The molecule has 2 aromatic rings. The molecular formula is C13H16N4O. The Hall–Kier alpha value is -1.78. The molecule has 1 saturated carbocycles. The largest absolute Gasteiger partial charge is 0.297 e. The lowest BCUT2D eigenvalue weighted by molar-refractivity contribution is -0.135. The molecule has 1 aliphatic carbocycles. The first-order valence-corrected chi connectivity index (χ1v) is 6.35. The van der Waals surface area contributed by atoms with E-state index in [9.17, 15) is 4.79 Å². The van der Waals surface area contributed by atoms with Crippen molar-refractivity contribution in [1.82, 2.24) is 19.7 Å². The molecule has 1 fully saturated rings. The first-order valence-electron chi connectivity index (χ1n) is 6.35. The minimum Gasteiger partial charge on any atom is -0.297 e. The number of carbonyl (C=O) groups excluding carboxylic acids is 1. The van der Waals surface area contributed by atoms with Gasteiger partial charge in [0, 0.05) is 18.3 Å². The first-order chi connectivity index (χ1) is 8.65. The van der Waals surface area contributed by atoms with Gasteiger partial charge >= 0.3 is 0 Å². The van der Waals surface area contributed by atoms with Gasteiger partial charge in [0.1, 0.15) is 11.1 Å². The van der Waals surface area contributed by atoms with Crippen molar-refractivity contribution in [3.63, 3.8) is 0 Å². The highest BCUT2D eigenvalue weighted by Crippen LogP contribution is 2.42. The summed E-state index contributed by atoms with van der Waals surface area (Å²) in [5, 5.41) is 4.36. The lowest BCUT2D eigenvalue weighted by Crippen LogP contribution is -2.50. The summed E-state index contributed by atoms with van der Waals surface area (Å²) in [5.74, 6) is 0.269. The predicted octanol–water partition coefficient (Wildman–Crippen LogP) is 1.93. The van der Waals surface area contributed by atoms with E-state index in [1.807, 2.05) is 13.8 Å². The Labute approximate surface area is 105 Å². The number of hydrogen-bond donors (Lipinski definition) is 0. The molecule has 94 valence electrons. The maximum Gasteiger partial charge on any atom is 0.177 e. The van der Waals surface area contributed by atoms with Gasteiger partial charge < -0.3 is 0 Å². The number of Topliss-reactive ketones (excluding diaryl/α,β-unsaturated/α-hetero) is 1. The number of carbonyl (C=O) groups is 1. The van der Waals surface area contributed by atoms with Crippen LogP contribution < -0.4 is 0 Å². The van der Waals surface area contributed by atoms with Crippen LogP contribution >= 0.6 is 0 Å². The zero-order chi connectivity index (χ0) is 12.8. The van der Waals surface area contributed by atoms with Gasteiger partial charge in [0.15, 0.2) is 11.4 Å². The van der Waals surface area contributed by atoms with Gasteiger partial charge in [-0.1, -0.05) is 13.8 Å². The SMILES string of the molecule is CC(C)C(=O)C1(n2ncc3nccnc32)CCC1. The maximum atomic E-state index is 12.5. The van der Waals surface area contributed by atoms with Gasteiger partial charge in [0.25, 0.3) is 0 Å². The topological polar surface area (TPSA) is 60.7 Å². The van der Waals surface area contributed by atoms with Crippen LogP contribution in [0.15, 0.2) is 18.6 Å². The van der Waals surface area contributed by atoms with E-state index in [0.29, 0.717) is 5.65 Å². The molecular weight excluding hydrogens is 228 g/mol. The number of fused-ring (bicyclic) bond motifs is 1. The third kappa shape index (κ3) is 1.39. The van der Waals surface area contributed by atoms with Gasteiger partial charge in [-0.2, -0.15) is 5.10 Å². The second kappa shape index (κ2) is 3.86. The van der Waals surface area contributed by atoms with Crippen molar-refractivity contribution < 1.29 is 4.79 Å². The minimum absolute atomic E-state index is 0.0150. The number of ketones is 1. The molecule has 0 spiro atoms. The summed E-state index contributed by atoms with van der Waals surface area (Å²) in [6, 6.07) is 0. The van der Waals surface area contributed by atoms with E-state index in [2.05, 4.69) is 15.1 Å². The van der Waals surface area contributed by atoms with Crippen molar-refractivity contribution in [2.24, 2.45) is 5.92 Å². The molecule has 0 bridgehead atoms. The smallest absolute Gasteiger partial charge is 0.177 e. The lowest BCUT2D eigenvalue weighted by Gasteiger charge is -2.41. The van der Waals surface area contributed by atoms with Crippen molar-refractivity contribution in [1.29, 1.82) is 0 Å². The summed E-state index contributed by atoms with van der Waals surface area (Å²) >= 11 is 0. The highest BCUT2D eigenvalue weighted by atomic mass is 16.1. The van der Waals surface area contributed by atoms with Gasteiger partial charge in [-0.05, 0) is 19.3 Å². The highest BCUT2D eigenvalue weighted by Gasteiger charge is 2.48. The number of nitrogens with zero attached hydrogens (tertiary/aromatic N) is 4. The summed E-state index contributed by atoms with van der Waals surface area (Å²) in [7, 11) is 0. The van der Waals surface area contributed by atoms with E-state index in [0.717, 1.165) is 24.8 Å². The lowest BCUT2D eigenvalue weighted by atomic mass is 9.71. The molecule has 18 heavy (non-hydrogen) atoms. The molecule has 5 heteroatoms. The van der Waals surface area contributed by atoms with E-state index in [4.69, 9.17) is 0 Å². The van der Waals surface area contributed by atoms with Crippen LogP contribution in [0.1, 0.15) is 33.1 Å². The summed E-state index contributed by atoms with van der Waals surface area (Å²) in [5.41, 5.74) is 0.984.